The van der Waals surface area contributed by atoms with E-state index in [1.165, 1.54) is 6.26 Å². The fourth-order valence-electron chi connectivity index (χ4n) is 6.46. The van der Waals surface area contributed by atoms with E-state index in [1.54, 1.807) is 38.3 Å². The molecule has 1 aromatic carbocycles. The smallest absolute Gasteiger partial charge is 0.306 e. The number of aryl methyl sites for hydroxylation is 1. The van der Waals surface area contributed by atoms with Crippen LogP contribution in [0.2, 0.25) is 0 Å². The second kappa shape index (κ2) is 11.9. The number of benzene rings is 1. The normalized spacial score (nSPS) is 34.3. The van der Waals surface area contributed by atoms with E-state index in [9.17, 15) is 30.3 Å². The van der Waals surface area contributed by atoms with Gasteiger partial charge in [-0.25, -0.2) is 0 Å². The molecule has 2 aromatic rings. The zero-order chi connectivity index (χ0) is 29.4. The number of carbonyl (C=O) groups excluding carboxylic acids is 1. The molecule has 41 heavy (non-hydrogen) atoms. The Bertz CT molecular complexity index is 1260. The minimum atomic E-state index is -2.19. The van der Waals surface area contributed by atoms with Crippen LogP contribution in [0.25, 0.3) is 11.0 Å². The maximum absolute atomic E-state index is 12.3. The molecule has 1 aliphatic heterocycles. The number of ether oxygens (including phenoxy) is 4. The Morgan fingerprint density at radius 2 is 2.02 bits per heavy atom. The van der Waals surface area contributed by atoms with Gasteiger partial charge in [-0.15, -0.1) is 0 Å². The lowest BCUT2D eigenvalue weighted by Crippen LogP contribution is -2.80. The van der Waals surface area contributed by atoms with Crippen molar-refractivity contribution in [1.29, 1.82) is 0 Å². The van der Waals surface area contributed by atoms with E-state index in [4.69, 9.17) is 23.4 Å². The predicted molar refractivity (Wildman–Crippen MR) is 144 cm³/mol. The van der Waals surface area contributed by atoms with Crippen LogP contribution in [0.15, 0.2) is 35.0 Å². The first-order valence-electron chi connectivity index (χ1n) is 14.1. The molecule has 2 aliphatic carbocycles. The highest BCUT2D eigenvalue weighted by Gasteiger charge is 2.71. The topological polar surface area (TPSA) is 180 Å². The van der Waals surface area contributed by atoms with Crippen molar-refractivity contribution in [1.82, 2.24) is 5.32 Å². The summed E-state index contributed by atoms with van der Waals surface area (Å²) in [5, 5.41) is 59.4. The van der Waals surface area contributed by atoms with Crippen LogP contribution < -0.4 is 14.8 Å². The Kier molecular flexibility index (Phi) is 8.63. The van der Waals surface area contributed by atoms with Gasteiger partial charge in [0.05, 0.1) is 25.6 Å². The van der Waals surface area contributed by atoms with E-state index >= 15 is 0 Å². The van der Waals surface area contributed by atoms with Gasteiger partial charge in [-0.1, -0.05) is 12.2 Å². The number of furan rings is 1. The van der Waals surface area contributed by atoms with E-state index in [0.717, 1.165) is 0 Å². The Balaban J connectivity index is 1.60. The molecule has 0 radical (unpaired) electrons. The van der Waals surface area contributed by atoms with Crippen LogP contribution >= 0.6 is 0 Å². The number of esters is 1. The third kappa shape index (κ3) is 5.22. The molecular weight excluding hydrogens is 538 g/mol. The molecule has 8 atom stereocenters. The third-order valence-electron chi connectivity index (χ3n) is 8.51. The predicted octanol–water partition coefficient (Wildman–Crippen LogP) is 0.403. The molecule has 2 heterocycles. The first-order valence-corrected chi connectivity index (χ1v) is 14.1. The molecule has 2 bridgehead atoms. The molecular formula is C29H39NO11. The summed E-state index contributed by atoms with van der Waals surface area (Å²) in [5.41, 5.74) is -3.26. The number of nitrogens with one attached hydrogen (secondary N) is 1. The lowest BCUT2D eigenvalue weighted by atomic mass is 9.55. The van der Waals surface area contributed by atoms with Gasteiger partial charge in [-0.05, 0) is 56.8 Å². The van der Waals surface area contributed by atoms with E-state index in [0.29, 0.717) is 23.1 Å². The molecule has 1 saturated carbocycles. The van der Waals surface area contributed by atoms with E-state index in [-0.39, 0.29) is 50.4 Å². The fourth-order valence-corrected chi connectivity index (χ4v) is 6.46. The van der Waals surface area contributed by atoms with E-state index in [2.05, 4.69) is 5.32 Å². The number of aliphatic hydroxyl groups is 5. The van der Waals surface area contributed by atoms with Crippen molar-refractivity contribution < 1.29 is 53.7 Å². The number of fused-ring (bicyclic) bond motifs is 5. The molecule has 2 fully saturated rings. The van der Waals surface area contributed by atoms with Crippen LogP contribution in [0.5, 0.6) is 11.5 Å². The lowest BCUT2D eigenvalue weighted by Gasteiger charge is -2.62. The van der Waals surface area contributed by atoms with E-state index < -0.39 is 60.2 Å². The van der Waals surface area contributed by atoms with Crippen LogP contribution in [-0.2, 0) is 20.7 Å². The summed E-state index contributed by atoms with van der Waals surface area (Å²) in [4.78, 5) is 12.3. The summed E-state index contributed by atoms with van der Waals surface area (Å²) < 4.78 is 29.4. The molecule has 5 rings (SSSR count). The summed E-state index contributed by atoms with van der Waals surface area (Å²) >= 11 is 0. The highest BCUT2D eigenvalue weighted by atomic mass is 16.7. The first-order chi connectivity index (χ1) is 19.7. The molecule has 6 N–H and O–H groups in total. The van der Waals surface area contributed by atoms with Crippen LogP contribution in [0.1, 0.15) is 31.7 Å². The summed E-state index contributed by atoms with van der Waals surface area (Å²) in [6.45, 7) is 2.02. The second-order valence-corrected chi connectivity index (χ2v) is 11.0. The monoisotopic (exact) mass is 577 g/mol. The largest absolute Gasteiger partial charge is 0.485 e. The highest BCUT2D eigenvalue weighted by molar-refractivity contribution is 5.87. The fraction of sp³-hybridized carbons (Fsp3) is 0.621. The van der Waals surface area contributed by atoms with Gasteiger partial charge < -0.3 is 54.2 Å². The molecule has 1 saturated heterocycles. The molecule has 12 nitrogen and oxygen atoms in total. The lowest BCUT2D eigenvalue weighted by molar-refractivity contribution is -0.386. The average Bonchev–Trinajstić information content (AvgIpc) is 3.42. The second-order valence-electron chi connectivity index (χ2n) is 11.0. The van der Waals surface area contributed by atoms with Crippen LogP contribution in [0.4, 0.5) is 0 Å². The number of carbonyl (C=O) groups is 1. The number of hydrogen-bond acceptors (Lipinski definition) is 12. The summed E-state index contributed by atoms with van der Waals surface area (Å²) in [6, 6.07) is 3.52. The Morgan fingerprint density at radius 1 is 1.22 bits per heavy atom. The Labute approximate surface area is 237 Å². The average molecular weight is 578 g/mol. The van der Waals surface area contributed by atoms with Crippen LogP contribution in [0.3, 0.4) is 0 Å². The first kappa shape index (κ1) is 29.8. The van der Waals surface area contributed by atoms with Gasteiger partial charge in [0.25, 0.3) is 0 Å². The molecule has 12 heteroatoms. The van der Waals surface area contributed by atoms with Crippen molar-refractivity contribution in [3.05, 3.63) is 36.1 Å². The Hall–Kier alpha value is -2.71. The molecule has 8 unspecified atom stereocenters. The van der Waals surface area contributed by atoms with Crippen molar-refractivity contribution >= 4 is 16.9 Å². The summed E-state index contributed by atoms with van der Waals surface area (Å²) in [6.07, 6.45) is -0.400. The molecule has 0 amide bonds. The quantitative estimate of drug-likeness (QED) is 0.123. The number of rotatable bonds is 11. The van der Waals surface area contributed by atoms with E-state index in [1.807, 2.05) is 0 Å². The number of likely N-dealkylation sites (N-methyl/N-ethyl adjacent to an activating group) is 1. The van der Waals surface area contributed by atoms with Gasteiger partial charge in [0.15, 0.2) is 16.9 Å². The zero-order valence-electron chi connectivity index (χ0n) is 23.2. The van der Waals surface area contributed by atoms with Gasteiger partial charge in [0.1, 0.15) is 24.4 Å². The van der Waals surface area contributed by atoms with Gasteiger partial charge >= 0.3 is 5.97 Å². The van der Waals surface area contributed by atoms with Crippen molar-refractivity contribution in [2.24, 2.45) is 11.8 Å². The zero-order valence-corrected chi connectivity index (χ0v) is 23.2. The summed E-state index contributed by atoms with van der Waals surface area (Å²) in [7, 11) is 1.77. The maximum Gasteiger partial charge on any atom is 0.306 e. The van der Waals surface area contributed by atoms with Crippen LogP contribution in [0, 0.1) is 11.8 Å². The van der Waals surface area contributed by atoms with Crippen molar-refractivity contribution in [2.45, 2.75) is 68.4 Å². The number of hydrogen-bond donors (Lipinski definition) is 6. The van der Waals surface area contributed by atoms with Gasteiger partial charge in [0.2, 0.25) is 12.0 Å². The SMILES string of the molecule is CCOC(=O)CCc1cc2ccoc2c(OCCNC)c1OC1OC(CO)C2(O)CC3C=CC(O)CC3C1(O)C2O. The summed E-state index contributed by atoms with van der Waals surface area (Å²) in [5.74, 6) is -1.25. The highest BCUT2D eigenvalue weighted by Crippen LogP contribution is 2.55. The third-order valence-corrected chi connectivity index (χ3v) is 8.51. The van der Waals surface area contributed by atoms with Crippen molar-refractivity contribution in [3.63, 3.8) is 0 Å². The number of allylic oxidation sites excluding steroid dienone is 1. The van der Waals surface area contributed by atoms with Gasteiger partial charge in [-0.3, -0.25) is 4.79 Å². The molecule has 1 aromatic heterocycles. The molecule has 0 spiro atoms. The minimum Gasteiger partial charge on any atom is -0.485 e. The molecule has 226 valence electrons. The van der Waals surface area contributed by atoms with Crippen LogP contribution in [-0.4, -0.2) is 101 Å². The number of aliphatic hydroxyl groups excluding tert-OH is 3. The minimum absolute atomic E-state index is 0.0177. The standard InChI is InChI=1S/C29H39NO11/c1-3-37-22(33)7-5-16-12-17-8-10-38-23(17)25(39-11-9-30-2)24(16)41-27-29(36)20-13-19(32)6-4-18(20)14-28(35,26(29)34)21(15-31)40-27/h4,6,8,10,12,18-21,26-27,30-32,34-36H,3,5,7,9,11,13-15H2,1-2H3. The maximum atomic E-state index is 12.3. The Morgan fingerprint density at radius 3 is 2.76 bits per heavy atom. The van der Waals surface area contributed by atoms with Gasteiger partial charge in [0, 0.05) is 24.3 Å². The van der Waals surface area contributed by atoms with Crippen molar-refractivity contribution in [2.75, 3.05) is 33.4 Å². The van der Waals surface area contributed by atoms with Crippen molar-refractivity contribution in [3.8, 4) is 11.5 Å². The molecule has 3 aliphatic rings. The van der Waals surface area contributed by atoms with Gasteiger partial charge in [-0.2, -0.15) is 0 Å².